The summed E-state index contributed by atoms with van der Waals surface area (Å²) in [6, 6.07) is 11.1. The van der Waals surface area contributed by atoms with E-state index in [1.807, 2.05) is 24.3 Å². The molecule has 26 heavy (non-hydrogen) atoms. The number of hydrogen-bond acceptors (Lipinski definition) is 3. The van der Waals surface area contributed by atoms with Gasteiger partial charge in [0.1, 0.15) is 23.1 Å². The number of nitrogens with zero attached hydrogens (tertiary/aromatic N) is 2. The monoisotopic (exact) mass is 361 g/mol. The summed E-state index contributed by atoms with van der Waals surface area (Å²) in [7, 11) is 1.59. The van der Waals surface area contributed by atoms with Crippen LogP contribution in [0.3, 0.4) is 0 Å². The van der Waals surface area contributed by atoms with E-state index in [1.165, 1.54) is 18.2 Å². The summed E-state index contributed by atoms with van der Waals surface area (Å²) in [5.41, 5.74) is 0.858. The Hall–Kier alpha value is -2.83. The summed E-state index contributed by atoms with van der Waals surface area (Å²) >= 11 is 0. The second-order valence-corrected chi connectivity index (χ2v) is 6.01. The van der Waals surface area contributed by atoms with Crippen LogP contribution >= 0.6 is 0 Å². The van der Waals surface area contributed by atoms with Crippen molar-refractivity contribution in [3.05, 3.63) is 59.7 Å². The van der Waals surface area contributed by atoms with Crippen LogP contribution < -0.4 is 15.0 Å². The molecule has 1 N–H and O–H groups in total. The Morgan fingerprint density at radius 3 is 2.35 bits per heavy atom. The van der Waals surface area contributed by atoms with Crippen LogP contribution in [0.25, 0.3) is 0 Å². The minimum atomic E-state index is -0.584. The van der Waals surface area contributed by atoms with Gasteiger partial charge in [0.2, 0.25) is 0 Å². The molecule has 1 aliphatic rings. The van der Waals surface area contributed by atoms with E-state index in [-0.39, 0.29) is 11.7 Å². The number of ether oxygens (including phenoxy) is 1. The Balaban J connectivity index is 1.55. The first-order valence-corrected chi connectivity index (χ1v) is 8.44. The zero-order valence-electron chi connectivity index (χ0n) is 14.5. The highest BCUT2D eigenvalue weighted by Gasteiger charge is 2.24. The molecular weight excluding hydrogens is 340 g/mol. The predicted octanol–water partition coefficient (Wildman–Crippen LogP) is 3.01. The Labute approximate surface area is 151 Å². The van der Waals surface area contributed by atoms with Crippen LogP contribution in [-0.2, 0) is 6.54 Å². The number of rotatable bonds is 4. The van der Waals surface area contributed by atoms with Gasteiger partial charge in [-0.2, -0.15) is 0 Å². The first-order chi connectivity index (χ1) is 12.6. The number of methoxy groups -OCH3 is 1. The number of urea groups is 1. The highest BCUT2D eigenvalue weighted by molar-refractivity contribution is 5.74. The number of carbonyl (C=O) groups excluding carboxylic acids is 1. The van der Waals surface area contributed by atoms with Crippen LogP contribution in [0, 0.1) is 11.6 Å². The summed E-state index contributed by atoms with van der Waals surface area (Å²) in [5.74, 6) is -0.453. The molecule has 0 aliphatic carbocycles. The summed E-state index contributed by atoms with van der Waals surface area (Å²) in [6.07, 6.45) is 0. The third-order valence-corrected chi connectivity index (χ3v) is 4.44. The second kappa shape index (κ2) is 8.03. The van der Waals surface area contributed by atoms with Gasteiger partial charge in [-0.25, -0.2) is 13.6 Å². The number of halogens is 2. The maximum absolute atomic E-state index is 13.9. The molecule has 0 aromatic heterocycles. The zero-order valence-corrected chi connectivity index (χ0v) is 14.5. The lowest BCUT2D eigenvalue weighted by Gasteiger charge is -2.36. The number of hydrogen-bond donors (Lipinski definition) is 1. The Kier molecular flexibility index (Phi) is 5.55. The van der Waals surface area contributed by atoms with Crippen molar-refractivity contribution < 1.29 is 18.3 Å². The largest absolute Gasteiger partial charge is 0.496 e. The van der Waals surface area contributed by atoms with Crippen molar-refractivity contribution in [3.8, 4) is 5.75 Å². The quantitative estimate of drug-likeness (QED) is 0.911. The number of para-hydroxylation sites is 2. The number of piperazine rings is 1. The molecular formula is C19H21F2N3O2. The van der Waals surface area contributed by atoms with Crippen molar-refractivity contribution in [1.82, 2.24) is 10.2 Å². The molecule has 2 aromatic carbocycles. The standard InChI is InChI=1S/C19H21F2N3O2/c1-26-17-8-3-2-5-14(17)13-22-19(25)24-11-9-23(10-12-24)18-15(20)6-4-7-16(18)21/h2-8H,9-13H2,1H3,(H,22,25). The van der Waals surface area contributed by atoms with Crippen LogP contribution in [0.4, 0.5) is 19.3 Å². The van der Waals surface area contributed by atoms with E-state index >= 15 is 0 Å². The van der Waals surface area contributed by atoms with Gasteiger partial charge in [-0.1, -0.05) is 24.3 Å². The van der Waals surface area contributed by atoms with Gasteiger partial charge in [-0.3, -0.25) is 0 Å². The molecule has 0 bridgehead atoms. The predicted molar refractivity (Wildman–Crippen MR) is 95.4 cm³/mol. The lowest BCUT2D eigenvalue weighted by molar-refractivity contribution is 0.193. The fourth-order valence-electron chi connectivity index (χ4n) is 3.06. The highest BCUT2D eigenvalue weighted by Crippen LogP contribution is 2.24. The van der Waals surface area contributed by atoms with Gasteiger partial charge >= 0.3 is 6.03 Å². The van der Waals surface area contributed by atoms with Gasteiger partial charge in [0.05, 0.1) is 7.11 Å². The minimum absolute atomic E-state index is 0.0263. The third kappa shape index (κ3) is 3.87. The van der Waals surface area contributed by atoms with Gasteiger partial charge in [0.15, 0.2) is 0 Å². The minimum Gasteiger partial charge on any atom is -0.496 e. The van der Waals surface area contributed by atoms with Crippen molar-refractivity contribution in [2.75, 3.05) is 38.2 Å². The third-order valence-electron chi connectivity index (χ3n) is 4.44. The second-order valence-electron chi connectivity index (χ2n) is 6.01. The average molecular weight is 361 g/mol. The van der Waals surface area contributed by atoms with Crippen molar-refractivity contribution in [3.63, 3.8) is 0 Å². The fraction of sp³-hybridized carbons (Fsp3) is 0.316. The fourth-order valence-corrected chi connectivity index (χ4v) is 3.06. The van der Waals surface area contributed by atoms with E-state index in [2.05, 4.69) is 5.32 Å². The zero-order chi connectivity index (χ0) is 18.5. The first kappa shape index (κ1) is 18.0. The lowest BCUT2D eigenvalue weighted by Crippen LogP contribution is -2.52. The summed E-state index contributed by atoms with van der Waals surface area (Å²) in [4.78, 5) is 15.6. The van der Waals surface area contributed by atoms with Crippen molar-refractivity contribution >= 4 is 11.7 Å². The van der Waals surface area contributed by atoms with Gasteiger partial charge in [-0.05, 0) is 18.2 Å². The number of anilines is 1. The number of carbonyl (C=O) groups is 1. The van der Waals surface area contributed by atoms with E-state index in [1.54, 1.807) is 16.9 Å². The Morgan fingerprint density at radius 2 is 1.69 bits per heavy atom. The van der Waals surface area contributed by atoms with E-state index in [0.717, 1.165) is 5.56 Å². The SMILES string of the molecule is COc1ccccc1CNC(=O)N1CCN(c2c(F)cccc2F)CC1. The van der Waals surface area contributed by atoms with Crippen LogP contribution in [-0.4, -0.2) is 44.2 Å². The summed E-state index contributed by atoms with van der Waals surface area (Å²) in [6.45, 7) is 1.89. The van der Waals surface area contributed by atoms with Crippen molar-refractivity contribution in [1.29, 1.82) is 0 Å². The highest BCUT2D eigenvalue weighted by atomic mass is 19.1. The Bertz CT molecular complexity index is 757. The molecule has 1 aliphatic heterocycles. The van der Waals surface area contributed by atoms with Gasteiger partial charge in [0, 0.05) is 38.3 Å². The van der Waals surface area contributed by atoms with E-state index < -0.39 is 11.6 Å². The molecule has 0 atom stereocenters. The molecule has 2 aromatic rings. The van der Waals surface area contributed by atoms with Crippen molar-refractivity contribution in [2.24, 2.45) is 0 Å². The van der Waals surface area contributed by atoms with Crippen LogP contribution in [0.15, 0.2) is 42.5 Å². The molecule has 5 nitrogen and oxygen atoms in total. The maximum Gasteiger partial charge on any atom is 0.317 e. The molecule has 0 unspecified atom stereocenters. The molecule has 1 fully saturated rings. The normalized spacial score (nSPS) is 14.3. The summed E-state index contributed by atoms with van der Waals surface area (Å²) in [5, 5.41) is 2.86. The molecule has 0 radical (unpaired) electrons. The molecule has 1 heterocycles. The molecule has 0 spiro atoms. The average Bonchev–Trinajstić information content (AvgIpc) is 2.66. The molecule has 3 rings (SSSR count). The molecule has 7 heteroatoms. The smallest absolute Gasteiger partial charge is 0.317 e. The maximum atomic E-state index is 13.9. The van der Waals surface area contributed by atoms with E-state index in [9.17, 15) is 13.6 Å². The van der Waals surface area contributed by atoms with Crippen molar-refractivity contribution in [2.45, 2.75) is 6.54 Å². The first-order valence-electron chi connectivity index (χ1n) is 8.44. The molecule has 2 amide bonds. The number of amides is 2. The molecule has 0 saturated carbocycles. The topological polar surface area (TPSA) is 44.8 Å². The lowest BCUT2D eigenvalue weighted by atomic mass is 10.2. The molecule has 138 valence electrons. The van der Waals surface area contributed by atoms with Gasteiger partial charge < -0.3 is 19.9 Å². The Morgan fingerprint density at radius 1 is 1.04 bits per heavy atom. The number of nitrogens with one attached hydrogen (secondary N) is 1. The molecule has 1 saturated heterocycles. The van der Waals surface area contributed by atoms with Gasteiger partial charge in [-0.15, -0.1) is 0 Å². The number of benzene rings is 2. The van der Waals surface area contributed by atoms with Crippen LogP contribution in [0.1, 0.15) is 5.56 Å². The van der Waals surface area contributed by atoms with Gasteiger partial charge in [0.25, 0.3) is 0 Å². The van der Waals surface area contributed by atoms with E-state index in [0.29, 0.717) is 38.5 Å². The van der Waals surface area contributed by atoms with Crippen LogP contribution in [0.5, 0.6) is 5.75 Å². The summed E-state index contributed by atoms with van der Waals surface area (Å²) < 4.78 is 33.0. The van der Waals surface area contributed by atoms with E-state index in [4.69, 9.17) is 4.74 Å². The van der Waals surface area contributed by atoms with Crippen LogP contribution in [0.2, 0.25) is 0 Å².